The molecule has 1 saturated heterocycles. The SMILES string of the molecule is C=N/C=C(Oc1ccc(F)cc1C(=O)N(CC)C(C)C)\C(=N/C)N1CCC(NC[C@H]2CC[C@@H](NS(C)(=O)=O)CC2)C1. The lowest BCUT2D eigenvalue weighted by Gasteiger charge is -2.29. The minimum Gasteiger partial charge on any atom is -0.451 e. The zero-order chi connectivity index (χ0) is 30.2. The Morgan fingerprint density at radius 1 is 1.24 bits per heavy atom. The Morgan fingerprint density at radius 3 is 2.54 bits per heavy atom. The molecule has 2 fully saturated rings. The highest BCUT2D eigenvalue weighted by molar-refractivity contribution is 7.88. The van der Waals surface area contributed by atoms with E-state index in [0.717, 1.165) is 45.2 Å². The maximum absolute atomic E-state index is 14.2. The van der Waals surface area contributed by atoms with Crippen LogP contribution in [0.1, 0.15) is 63.2 Å². The summed E-state index contributed by atoms with van der Waals surface area (Å²) in [5.41, 5.74) is 0.133. The monoisotopic (exact) mass is 592 g/mol. The van der Waals surface area contributed by atoms with E-state index in [1.807, 2.05) is 20.8 Å². The molecule has 1 unspecified atom stereocenters. The number of ether oxygens (including phenoxy) is 1. The van der Waals surface area contributed by atoms with E-state index >= 15 is 0 Å². The van der Waals surface area contributed by atoms with Gasteiger partial charge in [-0.3, -0.25) is 14.8 Å². The van der Waals surface area contributed by atoms with Gasteiger partial charge in [0.1, 0.15) is 11.6 Å². The molecule has 0 aromatic heterocycles. The van der Waals surface area contributed by atoms with Gasteiger partial charge in [0.2, 0.25) is 10.0 Å². The maximum atomic E-state index is 14.2. The highest BCUT2D eigenvalue weighted by Crippen LogP contribution is 2.27. The van der Waals surface area contributed by atoms with Crippen molar-refractivity contribution < 1.29 is 22.3 Å². The fourth-order valence-electron chi connectivity index (χ4n) is 5.63. The Balaban J connectivity index is 1.64. The predicted molar refractivity (Wildman–Crippen MR) is 162 cm³/mol. The van der Waals surface area contributed by atoms with E-state index in [1.54, 1.807) is 11.9 Å². The van der Waals surface area contributed by atoms with Gasteiger partial charge in [0, 0.05) is 44.8 Å². The number of amidine groups is 1. The van der Waals surface area contributed by atoms with Crippen LogP contribution >= 0.6 is 0 Å². The van der Waals surface area contributed by atoms with Gasteiger partial charge in [0.15, 0.2) is 11.6 Å². The molecule has 0 bridgehead atoms. The summed E-state index contributed by atoms with van der Waals surface area (Å²) in [6, 6.07) is 4.14. The molecule has 2 N–H and O–H groups in total. The first-order valence-corrected chi connectivity index (χ1v) is 16.2. The number of hydrogen-bond donors (Lipinski definition) is 2. The summed E-state index contributed by atoms with van der Waals surface area (Å²) in [6.07, 6.45) is 7.25. The van der Waals surface area contributed by atoms with Crippen LogP contribution in [0.2, 0.25) is 0 Å². The fraction of sp³-hybridized carbons (Fsp3) is 0.621. The van der Waals surface area contributed by atoms with Gasteiger partial charge in [0.05, 0.1) is 18.0 Å². The second kappa shape index (κ2) is 14.9. The van der Waals surface area contributed by atoms with Gasteiger partial charge in [-0.15, -0.1) is 0 Å². The lowest BCUT2D eigenvalue weighted by Crippen LogP contribution is -2.41. The zero-order valence-corrected chi connectivity index (χ0v) is 25.7. The molecule has 1 amide bonds. The summed E-state index contributed by atoms with van der Waals surface area (Å²) in [4.78, 5) is 25.5. The molecule has 1 aliphatic heterocycles. The van der Waals surface area contributed by atoms with Gasteiger partial charge in [-0.1, -0.05) is 0 Å². The Bertz CT molecular complexity index is 1230. The van der Waals surface area contributed by atoms with Crippen molar-refractivity contribution in [3.8, 4) is 5.75 Å². The quantitative estimate of drug-likeness (QED) is 0.218. The number of benzene rings is 1. The average Bonchev–Trinajstić information content (AvgIpc) is 3.37. The molecule has 1 atom stereocenters. The van der Waals surface area contributed by atoms with Crippen LogP contribution in [0.3, 0.4) is 0 Å². The third-order valence-corrected chi connectivity index (χ3v) is 8.43. The second-order valence-corrected chi connectivity index (χ2v) is 12.9. The number of rotatable bonds is 12. The summed E-state index contributed by atoms with van der Waals surface area (Å²) >= 11 is 0. The van der Waals surface area contributed by atoms with E-state index in [0.29, 0.717) is 30.6 Å². The molecule has 12 heteroatoms. The number of likely N-dealkylation sites (tertiary alicyclic amines) is 1. The molecule has 228 valence electrons. The number of aliphatic imine (C=N–C) groups is 2. The Morgan fingerprint density at radius 2 is 1.95 bits per heavy atom. The van der Waals surface area contributed by atoms with E-state index in [2.05, 4.69) is 31.6 Å². The first kappa shape index (κ1) is 32.7. The molecular formula is C29H45FN6O4S. The smallest absolute Gasteiger partial charge is 0.257 e. The Hall–Kier alpha value is -2.83. The van der Waals surface area contributed by atoms with Crippen LogP contribution < -0.4 is 14.8 Å². The van der Waals surface area contributed by atoms with Gasteiger partial charge in [-0.05, 0) is 90.3 Å². The molecule has 1 saturated carbocycles. The van der Waals surface area contributed by atoms with E-state index < -0.39 is 15.8 Å². The summed E-state index contributed by atoms with van der Waals surface area (Å²) in [5, 5.41) is 3.68. The molecule has 1 heterocycles. The predicted octanol–water partition coefficient (Wildman–Crippen LogP) is 3.42. The van der Waals surface area contributed by atoms with Gasteiger partial charge >= 0.3 is 0 Å². The maximum Gasteiger partial charge on any atom is 0.257 e. The summed E-state index contributed by atoms with van der Waals surface area (Å²) in [6.45, 7) is 12.1. The average molecular weight is 593 g/mol. The molecule has 1 aliphatic carbocycles. The molecule has 10 nitrogen and oxygen atoms in total. The highest BCUT2D eigenvalue weighted by atomic mass is 32.2. The van der Waals surface area contributed by atoms with Crippen molar-refractivity contribution in [2.75, 3.05) is 39.5 Å². The number of nitrogens with zero attached hydrogens (tertiary/aromatic N) is 4. The van der Waals surface area contributed by atoms with E-state index in [9.17, 15) is 17.6 Å². The number of carbonyl (C=O) groups excluding carboxylic acids is 1. The van der Waals surface area contributed by atoms with Crippen LogP contribution in [-0.2, 0) is 10.0 Å². The minimum atomic E-state index is -3.18. The summed E-state index contributed by atoms with van der Waals surface area (Å²) in [5.74, 6) is 0.797. The molecule has 1 aromatic carbocycles. The molecular weight excluding hydrogens is 547 g/mol. The van der Waals surface area contributed by atoms with Crippen molar-refractivity contribution in [1.29, 1.82) is 0 Å². The van der Waals surface area contributed by atoms with Crippen LogP contribution in [0.4, 0.5) is 4.39 Å². The van der Waals surface area contributed by atoms with Gasteiger partial charge < -0.3 is 19.9 Å². The zero-order valence-electron chi connectivity index (χ0n) is 24.9. The summed E-state index contributed by atoms with van der Waals surface area (Å²) in [7, 11) is -1.50. The van der Waals surface area contributed by atoms with E-state index in [-0.39, 0.29) is 35.3 Å². The van der Waals surface area contributed by atoms with Gasteiger partial charge in [-0.25, -0.2) is 17.5 Å². The van der Waals surface area contributed by atoms with Gasteiger partial charge in [-0.2, -0.15) is 0 Å². The summed E-state index contributed by atoms with van der Waals surface area (Å²) < 4.78 is 46.2. The third-order valence-electron chi connectivity index (χ3n) is 7.67. The van der Waals surface area contributed by atoms with Crippen LogP contribution in [0.25, 0.3) is 0 Å². The fourth-order valence-corrected chi connectivity index (χ4v) is 6.48. The molecule has 3 rings (SSSR count). The first-order valence-electron chi connectivity index (χ1n) is 14.3. The normalized spacial score (nSPS) is 22.2. The van der Waals surface area contributed by atoms with Crippen LogP contribution in [0.5, 0.6) is 5.75 Å². The molecule has 0 radical (unpaired) electrons. The molecule has 0 spiro atoms. The second-order valence-electron chi connectivity index (χ2n) is 11.1. The Labute approximate surface area is 244 Å². The van der Waals surface area contributed by atoms with E-state index in [1.165, 1.54) is 30.7 Å². The molecule has 41 heavy (non-hydrogen) atoms. The highest BCUT2D eigenvalue weighted by Gasteiger charge is 2.30. The topological polar surface area (TPSA) is 116 Å². The number of carbonyl (C=O) groups is 1. The first-order chi connectivity index (χ1) is 19.4. The minimum absolute atomic E-state index is 0.0301. The van der Waals surface area contributed by atoms with Crippen LogP contribution in [0.15, 0.2) is 40.1 Å². The van der Waals surface area contributed by atoms with Crippen molar-refractivity contribution in [2.45, 2.75) is 71.0 Å². The van der Waals surface area contributed by atoms with Crippen molar-refractivity contribution >= 4 is 28.5 Å². The van der Waals surface area contributed by atoms with E-state index in [4.69, 9.17) is 4.74 Å². The van der Waals surface area contributed by atoms with Crippen LogP contribution in [0, 0.1) is 11.7 Å². The number of hydrogen-bond acceptors (Lipinski definition) is 7. The van der Waals surface area contributed by atoms with Crippen molar-refractivity contribution in [3.63, 3.8) is 0 Å². The lowest BCUT2D eigenvalue weighted by molar-refractivity contribution is 0.0713. The number of nitrogens with one attached hydrogen (secondary N) is 2. The largest absolute Gasteiger partial charge is 0.451 e. The molecule has 1 aromatic rings. The third kappa shape index (κ3) is 9.34. The number of sulfonamides is 1. The van der Waals surface area contributed by atoms with Crippen molar-refractivity contribution in [3.05, 3.63) is 41.5 Å². The van der Waals surface area contributed by atoms with Crippen molar-refractivity contribution in [2.24, 2.45) is 15.9 Å². The molecule has 2 aliphatic rings. The van der Waals surface area contributed by atoms with Gasteiger partial charge in [0.25, 0.3) is 5.91 Å². The van der Waals surface area contributed by atoms with Crippen molar-refractivity contribution in [1.82, 2.24) is 19.8 Å². The number of halogens is 1. The lowest BCUT2D eigenvalue weighted by atomic mass is 9.86. The number of amides is 1. The van der Waals surface area contributed by atoms with Crippen LogP contribution in [-0.4, -0.2) is 94.3 Å². The standard InChI is InChI=1S/C29H45FN6O4S/c1-7-36(20(2)3)29(37)25-16-22(30)10-13-26(25)40-27(18-31-4)28(32-5)35-15-14-24(19-35)33-17-21-8-11-23(12-9-21)34-41(6,38)39/h10,13,16,18,20-21,23-24,33-34H,4,7-9,11-12,14-15,17,19H2,1-3,5-6H3/b27-18+,32-28+/t21-,23+,24?. The Kier molecular flexibility index (Phi) is 11.9.